The number of carbonyl (C=O) groups excluding carboxylic acids is 1. The lowest BCUT2D eigenvalue weighted by atomic mass is 9.95. The minimum atomic E-state index is -0.531. The van der Waals surface area contributed by atoms with E-state index in [1.165, 1.54) is 6.33 Å². The molecule has 0 aliphatic carbocycles. The van der Waals surface area contributed by atoms with Gasteiger partial charge in [-0.05, 0) is 40.5 Å². The molecule has 8 nitrogen and oxygen atoms in total. The normalized spacial score (nSPS) is 16.4. The molecule has 0 fully saturated rings. The molecule has 1 atom stereocenters. The highest BCUT2D eigenvalue weighted by Gasteiger charge is 2.33. The van der Waals surface area contributed by atoms with E-state index in [1.54, 1.807) is 31.9 Å². The fraction of sp³-hybridized carbons (Fsp3) is 0.267. The Bertz CT molecular complexity index is 846. The molecule has 9 heteroatoms. The summed E-state index contributed by atoms with van der Waals surface area (Å²) in [6.45, 7) is 1.78. The highest BCUT2D eigenvalue weighted by molar-refractivity contribution is 9.10. The van der Waals surface area contributed by atoms with Crippen LogP contribution in [0.1, 0.15) is 18.5 Å². The number of methoxy groups -OCH3 is 2. The first kappa shape index (κ1) is 16.3. The SMILES string of the molecule is COc1cc(C2C(C(N)=O)=C(C)Nc3ncnn32)cc(Br)c1OC. The largest absolute Gasteiger partial charge is 0.493 e. The molecule has 2 aromatic rings. The third-order valence-corrected chi connectivity index (χ3v) is 4.42. The van der Waals surface area contributed by atoms with Gasteiger partial charge in [-0.3, -0.25) is 4.79 Å². The van der Waals surface area contributed by atoms with Gasteiger partial charge in [0.05, 0.1) is 24.3 Å². The molecule has 1 aliphatic heterocycles. The molecule has 2 heterocycles. The Morgan fingerprint density at radius 3 is 2.75 bits per heavy atom. The van der Waals surface area contributed by atoms with Gasteiger partial charge in [0.25, 0.3) is 0 Å². The molecule has 0 bridgehead atoms. The van der Waals surface area contributed by atoms with Gasteiger partial charge in [0.2, 0.25) is 11.9 Å². The van der Waals surface area contributed by atoms with Gasteiger partial charge >= 0.3 is 0 Å². The van der Waals surface area contributed by atoms with E-state index in [0.717, 1.165) is 5.56 Å². The maximum Gasteiger partial charge on any atom is 0.248 e. The molecule has 0 radical (unpaired) electrons. The summed E-state index contributed by atoms with van der Waals surface area (Å²) in [4.78, 5) is 16.2. The van der Waals surface area contributed by atoms with Crippen LogP contribution >= 0.6 is 15.9 Å². The first-order chi connectivity index (χ1) is 11.5. The zero-order chi connectivity index (χ0) is 17.4. The van der Waals surface area contributed by atoms with E-state index in [1.807, 2.05) is 6.07 Å². The summed E-state index contributed by atoms with van der Waals surface area (Å²) in [5, 5.41) is 7.26. The number of nitrogens with one attached hydrogen (secondary N) is 1. The number of aromatic nitrogens is 3. The molecule has 0 saturated carbocycles. The lowest BCUT2D eigenvalue weighted by Gasteiger charge is -2.28. The minimum absolute atomic E-state index is 0.409. The topological polar surface area (TPSA) is 104 Å². The maximum atomic E-state index is 12.0. The van der Waals surface area contributed by atoms with Crippen LogP contribution in [0.15, 0.2) is 34.2 Å². The average molecular weight is 394 g/mol. The predicted octanol–water partition coefficient (Wildman–Crippen LogP) is 1.83. The quantitative estimate of drug-likeness (QED) is 0.820. The van der Waals surface area contributed by atoms with E-state index in [2.05, 4.69) is 31.3 Å². The second-order valence-electron chi connectivity index (χ2n) is 5.20. The van der Waals surface area contributed by atoms with Crippen LogP contribution in [0.3, 0.4) is 0 Å². The van der Waals surface area contributed by atoms with E-state index in [9.17, 15) is 4.79 Å². The van der Waals surface area contributed by atoms with E-state index < -0.39 is 11.9 Å². The third-order valence-electron chi connectivity index (χ3n) is 3.83. The Labute approximate surface area is 146 Å². The molecule has 1 aliphatic rings. The summed E-state index contributed by atoms with van der Waals surface area (Å²) >= 11 is 3.47. The van der Waals surface area contributed by atoms with Crippen molar-refractivity contribution in [1.82, 2.24) is 14.8 Å². The van der Waals surface area contributed by atoms with Crippen LogP contribution in [0.25, 0.3) is 0 Å². The summed E-state index contributed by atoms with van der Waals surface area (Å²) < 4.78 is 13.0. The number of halogens is 1. The van der Waals surface area contributed by atoms with Gasteiger partial charge in [-0.25, -0.2) is 4.68 Å². The molecule has 1 unspecified atom stereocenters. The zero-order valence-electron chi connectivity index (χ0n) is 13.3. The number of hydrogen-bond donors (Lipinski definition) is 2. The average Bonchev–Trinajstić information content (AvgIpc) is 3.00. The number of carbonyl (C=O) groups is 1. The van der Waals surface area contributed by atoms with Gasteiger partial charge in [-0.15, -0.1) is 0 Å². The van der Waals surface area contributed by atoms with Gasteiger partial charge in [-0.1, -0.05) is 0 Å². The van der Waals surface area contributed by atoms with Crippen LogP contribution < -0.4 is 20.5 Å². The molecule has 0 saturated heterocycles. The molecule has 1 amide bonds. The van der Waals surface area contributed by atoms with Gasteiger partial charge in [0, 0.05) is 5.70 Å². The summed E-state index contributed by atoms with van der Waals surface area (Å²) in [5.41, 5.74) is 7.42. The van der Waals surface area contributed by atoms with Crippen molar-refractivity contribution in [3.05, 3.63) is 39.8 Å². The lowest BCUT2D eigenvalue weighted by molar-refractivity contribution is -0.115. The minimum Gasteiger partial charge on any atom is -0.493 e. The molecule has 1 aromatic heterocycles. The number of allylic oxidation sites excluding steroid dienone is 1. The van der Waals surface area contributed by atoms with Gasteiger partial charge < -0.3 is 20.5 Å². The Balaban J connectivity index is 2.24. The van der Waals surface area contributed by atoms with E-state index in [0.29, 0.717) is 33.2 Å². The fourth-order valence-corrected chi connectivity index (χ4v) is 3.44. The van der Waals surface area contributed by atoms with Crippen molar-refractivity contribution >= 4 is 27.8 Å². The number of nitrogens with two attached hydrogens (primary N) is 1. The van der Waals surface area contributed by atoms with Crippen LogP contribution in [0.5, 0.6) is 11.5 Å². The highest BCUT2D eigenvalue weighted by atomic mass is 79.9. The number of primary amides is 1. The lowest BCUT2D eigenvalue weighted by Crippen LogP contribution is -2.31. The van der Waals surface area contributed by atoms with Crippen LogP contribution in [0.4, 0.5) is 5.95 Å². The number of rotatable bonds is 4. The predicted molar refractivity (Wildman–Crippen MR) is 90.9 cm³/mol. The number of ether oxygens (including phenoxy) is 2. The van der Waals surface area contributed by atoms with Gasteiger partial charge in [0.15, 0.2) is 11.5 Å². The summed E-state index contributed by atoms with van der Waals surface area (Å²) in [5.74, 6) is 1.10. The van der Waals surface area contributed by atoms with Crippen molar-refractivity contribution in [1.29, 1.82) is 0 Å². The van der Waals surface area contributed by atoms with Crippen molar-refractivity contribution in [2.24, 2.45) is 5.73 Å². The molecular formula is C15H16BrN5O3. The maximum absolute atomic E-state index is 12.0. The zero-order valence-corrected chi connectivity index (χ0v) is 14.9. The van der Waals surface area contributed by atoms with Crippen molar-refractivity contribution < 1.29 is 14.3 Å². The van der Waals surface area contributed by atoms with E-state index in [-0.39, 0.29) is 0 Å². The Morgan fingerprint density at radius 1 is 1.38 bits per heavy atom. The van der Waals surface area contributed by atoms with E-state index >= 15 is 0 Å². The first-order valence-corrected chi connectivity index (χ1v) is 7.85. The number of fused-ring (bicyclic) bond motifs is 1. The van der Waals surface area contributed by atoms with Gasteiger partial charge in [0.1, 0.15) is 12.4 Å². The monoisotopic (exact) mass is 393 g/mol. The van der Waals surface area contributed by atoms with Crippen molar-refractivity contribution in [2.45, 2.75) is 13.0 Å². The van der Waals surface area contributed by atoms with Crippen molar-refractivity contribution in [3.63, 3.8) is 0 Å². The first-order valence-electron chi connectivity index (χ1n) is 7.06. The van der Waals surface area contributed by atoms with Crippen LogP contribution in [0, 0.1) is 0 Å². The molecule has 0 spiro atoms. The molecular weight excluding hydrogens is 378 g/mol. The van der Waals surface area contributed by atoms with Crippen molar-refractivity contribution in [2.75, 3.05) is 19.5 Å². The summed E-state index contributed by atoms with van der Waals surface area (Å²) in [6, 6.07) is 3.12. The van der Waals surface area contributed by atoms with Crippen LogP contribution in [0.2, 0.25) is 0 Å². The number of nitrogens with zero attached hydrogens (tertiary/aromatic N) is 3. The third kappa shape index (κ3) is 2.50. The standard InChI is InChI=1S/C15H16BrN5O3/c1-7-11(14(17)22)12(21-15(20-7)18-6-19-21)8-4-9(16)13(24-3)10(5-8)23-2/h4-6,12H,1-3H3,(H2,17,22)(H,18,19,20). The second-order valence-corrected chi connectivity index (χ2v) is 6.05. The van der Waals surface area contributed by atoms with Crippen molar-refractivity contribution in [3.8, 4) is 11.5 Å². The van der Waals surface area contributed by atoms with E-state index in [4.69, 9.17) is 15.2 Å². The fourth-order valence-electron chi connectivity index (χ4n) is 2.81. The Morgan fingerprint density at radius 2 is 2.12 bits per heavy atom. The molecule has 126 valence electrons. The van der Waals surface area contributed by atoms with Gasteiger partial charge in [-0.2, -0.15) is 10.1 Å². The summed E-state index contributed by atoms with van der Waals surface area (Å²) in [6.07, 6.45) is 1.42. The van der Waals surface area contributed by atoms with Crippen LogP contribution in [-0.4, -0.2) is 34.9 Å². The number of amides is 1. The Kier molecular flexibility index (Phi) is 4.18. The molecule has 3 rings (SSSR count). The number of benzene rings is 1. The second kappa shape index (κ2) is 6.16. The summed E-state index contributed by atoms with van der Waals surface area (Å²) in [7, 11) is 3.11. The van der Waals surface area contributed by atoms with Crippen LogP contribution in [-0.2, 0) is 4.79 Å². The Hall–Kier alpha value is -2.55. The smallest absolute Gasteiger partial charge is 0.248 e. The highest BCUT2D eigenvalue weighted by Crippen LogP contribution is 2.42. The molecule has 3 N–H and O–H groups in total. The number of hydrogen-bond acceptors (Lipinski definition) is 6. The number of anilines is 1. The molecule has 1 aromatic carbocycles. The molecule has 24 heavy (non-hydrogen) atoms.